The molecule has 0 saturated heterocycles. The molecule has 0 aromatic heterocycles. The Labute approximate surface area is 164 Å². The second-order valence-corrected chi connectivity index (χ2v) is 9.24. The van der Waals surface area contributed by atoms with Gasteiger partial charge in [0.1, 0.15) is 0 Å². The van der Waals surface area contributed by atoms with E-state index in [-0.39, 0.29) is 0 Å². The second-order valence-electron chi connectivity index (χ2n) is 9.24. The highest BCUT2D eigenvalue weighted by Crippen LogP contribution is 2.47. The van der Waals surface area contributed by atoms with Crippen molar-refractivity contribution in [2.45, 2.75) is 123 Å². The van der Waals surface area contributed by atoms with Gasteiger partial charge in [0.15, 0.2) is 0 Å². The summed E-state index contributed by atoms with van der Waals surface area (Å²) in [5.41, 5.74) is 0.479. The van der Waals surface area contributed by atoms with Crippen molar-refractivity contribution in [2.75, 3.05) is 6.61 Å². The molecule has 1 nitrogen and oxygen atoms in total. The molecule has 2 aliphatic rings. The lowest BCUT2D eigenvalue weighted by Gasteiger charge is -2.42. The SMILES string of the molecule is CCCC1CCC(OC/C=C/C2(C(CCC)CCC)CCCCC2)CC1. The van der Waals surface area contributed by atoms with Crippen LogP contribution >= 0.6 is 0 Å². The van der Waals surface area contributed by atoms with Crippen LogP contribution in [0.15, 0.2) is 12.2 Å². The molecule has 0 heterocycles. The maximum atomic E-state index is 6.26. The number of ether oxygens (including phenoxy) is 1. The molecule has 2 aliphatic carbocycles. The fraction of sp³-hybridized carbons (Fsp3) is 0.920. The molecule has 152 valence electrons. The zero-order valence-corrected chi connectivity index (χ0v) is 18.1. The average molecular weight is 363 g/mol. The Hall–Kier alpha value is -0.300. The van der Waals surface area contributed by atoms with E-state index >= 15 is 0 Å². The van der Waals surface area contributed by atoms with Crippen LogP contribution in [-0.2, 0) is 4.74 Å². The molecule has 0 amide bonds. The standard InChI is InChI=1S/C25H46O/c1-4-11-22-14-16-24(17-15-22)26-21-10-20-25(18-8-7-9-19-25)23(12-5-2)13-6-3/h10,20,22-24H,4-9,11-19,21H2,1-3H3/b20-10+. The molecule has 0 unspecified atom stereocenters. The van der Waals surface area contributed by atoms with E-state index in [2.05, 4.69) is 32.9 Å². The average Bonchev–Trinajstić information content (AvgIpc) is 2.67. The Balaban J connectivity index is 1.84. The first-order valence-corrected chi connectivity index (χ1v) is 12.0. The highest BCUT2D eigenvalue weighted by Gasteiger charge is 2.36. The Kier molecular flexibility index (Phi) is 10.3. The summed E-state index contributed by atoms with van der Waals surface area (Å²) in [4.78, 5) is 0. The van der Waals surface area contributed by atoms with Crippen LogP contribution in [0, 0.1) is 17.3 Å². The molecule has 0 aromatic carbocycles. The van der Waals surface area contributed by atoms with Crippen molar-refractivity contribution in [3.8, 4) is 0 Å². The molecule has 0 aromatic rings. The smallest absolute Gasteiger partial charge is 0.0651 e. The van der Waals surface area contributed by atoms with E-state index < -0.39 is 0 Å². The van der Waals surface area contributed by atoms with Gasteiger partial charge < -0.3 is 4.74 Å². The molecular weight excluding hydrogens is 316 g/mol. The van der Waals surface area contributed by atoms with Gasteiger partial charge >= 0.3 is 0 Å². The van der Waals surface area contributed by atoms with Gasteiger partial charge in [-0.15, -0.1) is 0 Å². The number of hydrogen-bond donors (Lipinski definition) is 0. The van der Waals surface area contributed by atoms with Crippen LogP contribution < -0.4 is 0 Å². The van der Waals surface area contributed by atoms with Crippen LogP contribution in [0.5, 0.6) is 0 Å². The minimum atomic E-state index is 0.479. The van der Waals surface area contributed by atoms with Crippen molar-refractivity contribution in [3.63, 3.8) is 0 Å². The van der Waals surface area contributed by atoms with E-state index in [1.54, 1.807) is 0 Å². The van der Waals surface area contributed by atoms with Crippen LogP contribution in [0.2, 0.25) is 0 Å². The lowest BCUT2D eigenvalue weighted by atomic mass is 9.63. The van der Waals surface area contributed by atoms with Gasteiger partial charge in [-0.3, -0.25) is 0 Å². The summed E-state index contributed by atoms with van der Waals surface area (Å²) in [6.45, 7) is 7.89. The predicted molar refractivity (Wildman–Crippen MR) is 115 cm³/mol. The van der Waals surface area contributed by atoms with Gasteiger partial charge in [0.2, 0.25) is 0 Å². The summed E-state index contributed by atoms with van der Waals surface area (Å²) in [5, 5.41) is 0. The molecule has 1 heteroatoms. The van der Waals surface area contributed by atoms with Crippen LogP contribution in [0.3, 0.4) is 0 Å². The first kappa shape index (κ1) is 22.0. The van der Waals surface area contributed by atoms with Crippen molar-refractivity contribution in [1.82, 2.24) is 0 Å². The zero-order chi connectivity index (χ0) is 18.7. The first-order chi connectivity index (χ1) is 12.7. The predicted octanol–water partition coefficient (Wildman–Crippen LogP) is 8.09. The van der Waals surface area contributed by atoms with E-state index in [4.69, 9.17) is 4.74 Å². The van der Waals surface area contributed by atoms with Gasteiger partial charge in [-0.25, -0.2) is 0 Å². The summed E-state index contributed by atoms with van der Waals surface area (Å²) in [7, 11) is 0. The topological polar surface area (TPSA) is 9.23 Å². The van der Waals surface area contributed by atoms with Crippen LogP contribution in [0.4, 0.5) is 0 Å². The molecular formula is C25H46O. The third-order valence-electron chi connectivity index (χ3n) is 7.24. The van der Waals surface area contributed by atoms with Gasteiger partial charge in [0.05, 0.1) is 12.7 Å². The van der Waals surface area contributed by atoms with Crippen LogP contribution in [0.25, 0.3) is 0 Å². The summed E-state index contributed by atoms with van der Waals surface area (Å²) in [5.74, 6) is 1.86. The molecule has 2 rings (SSSR count). The van der Waals surface area contributed by atoms with E-state index in [0.717, 1.165) is 18.4 Å². The molecule has 0 N–H and O–H groups in total. The Morgan fingerprint density at radius 2 is 1.54 bits per heavy atom. The fourth-order valence-corrected chi connectivity index (χ4v) is 5.81. The van der Waals surface area contributed by atoms with E-state index in [1.165, 1.54) is 96.3 Å². The maximum absolute atomic E-state index is 6.26. The van der Waals surface area contributed by atoms with Crippen molar-refractivity contribution in [1.29, 1.82) is 0 Å². The first-order valence-electron chi connectivity index (χ1n) is 12.0. The number of rotatable bonds is 11. The quantitative estimate of drug-likeness (QED) is 0.337. The van der Waals surface area contributed by atoms with Crippen LogP contribution in [0.1, 0.15) is 117 Å². The molecule has 0 atom stereocenters. The maximum Gasteiger partial charge on any atom is 0.0651 e. The van der Waals surface area contributed by atoms with E-state index in [1.807, 2.05) is 0 Å². The summed E-state index contributed by atoms with van der Waals surface area (Å²) < 4.78 is 6.26. The normalized spacial score (nSPS) is 26.6. The van der Waals surface area contributed by atoms with Gasteiger partial charge in [-0.05, 0) is 68.6 Å². The third-order valence-corrected chi connectivity index (χ3v) is 7.24. The lowest BCUT2D eigenvalue weighted by Crippen LogP contribution is -2.31. The summed E-state index contributed by atoms with van der Waals surface area (Å²) in [6, 6.07) is 0. The van der Waals surface area contributed by atoms with E-state index in [0.29, 0.717) is 11.5 Å². The van der Waals surface area contributed by atoms with Crippen LogP contribution in [-0.4, -0.2) is 12.7 Å². The number of hydrogen-bond acceptors (Lipinski definition) is 1. The number of allylic oxidation sites excluding steroid dienone is 1. The Morgan fingerprint density at radius 3 is 2.12 bits per heavy atom. The summed E-state index contributed by atoms with van der Waals surface area (Å²) >= 11 is 0. The Bertz CT molecular complexity index is 366. The molecule has 2 saturated carbocycles. The van der Waals surface area contributed by atoms with Crippen molar-refractivity contribution >= 4 is 0 Å². The molecule has 0 bridgehead atoms. The lowest BCUT2D eigenvalue weighted by molar-refractivity contribution is 0.0327. The minimum Gasteiger partial charge on any atom is -0.374 e. The van der Waals surface area contributed by atoms with Crippen molar-refractivity contribution < 1.29 is 4.74 Å². The highest BCUT2D eigenvalue weighted by molar-refractivity contribution is 5.05. The highest BCUT2D eigenvalue weighted by atomic mass is 16.5. The largest absolute Gasteiger partial charge is 0.374 e. The summed E-state index contributed by atoms with van der Waals surface area (Å²) in [6.07, 6.45) is 26.3. The monoisotopic (exact) mass is 362 g/mol. The van der Waals surface area contributed by atoms with Gasteiger partial charge in [0, 0.05) is 0 Å². The fourth-order valence-electron chi connectivity index (χ4n) is 5.81. The van der Waals surface area contributed by atoms with Gasteiger partial charge in [-0.1, -0.05) is 77.9 Å². The second kappa shape index (κ2) is 12.2. The van der Waals surface area contributed by atoms with Gasteiger partial charge in [-0.2, -0.15) is 0 Å². The molecule has 26 heavy (non-hydrogen) atoms. The minimum absolute atomic E-state index is 0.479. The Morgan fingerprint density at radius 1 is 0.885 bits per heavy atom. The molecule has 2 fully saturated rings. The molecule has 0 radical (unpaired) electrons. The third kappa shape index (κ3) is 6.70. The van der Waals surface area contributed by atoms with E-state index in [9.17, 15) is 0 Å². The zero-order valence-electron chi connectivity index (χ0n) is 18.1. The molecule has 0 aliphatic heterocycles. The van der Waals surface area contributed by atoms with Crippen molar-refractivity contribution in [2.24, 2.45) is 17.3 Å². The molecule has 0 spiro atoms. The van der Waals surface area contributed by atoms with Crippen molar-refractivity contribution in [3.05, 3.63) is 12.2 Å². The van der Waals surface area contributed by atoms with Gasteiger partial charge in [0.25, 0.3) is 0 Å².